The zero-order valence-electron chi connectivity index (χ0n) is 36.1. The second-order valence-corrected chi connectivity index (χ2v) is 29.1. The molecule has 314 valence electrons. The number of rotatable bonds is 20. The lowest BCUT2D eigenvalue weighted by atomic mass is 9.90. The van der Waals surface area contributed by atoms with E-state index in [1.54, 1.807) is 0 Å². The van der Waals surface area contributed by atoms with Crippen LogP contribution < -0.4 is 0 Å². The maximum Gasteiger partial charge on any atom is 0.213 e. The zero-order valence-corrected chi connectivity index (χ0v) is 38.1. The third kappa shape index (κ3) is 14.3. The van der Waals surface area contributed by atoms with E-state index in [2.05, 4.69) is 91.7 Å². The summed E-state index contributed by atoms with van der Waals surface area (Å²) in [4.78, 5) is 9.06. The van der Waals surface area contributed by atoms with Gasteiger partial charge in [-0.05, 0) is 71.4 Å². The molecular weight excluding hydrogens is 781 g/mol. The van der Waals surface area contributed by atoms with E-state index in [1.807, 2.05) is 84.9 Å². The van der Waals surface area contributed by atoms with Gasteiger partial charge < -0.3 is 28.7 Å². The number of hydrogen-bond acceptors (Lipinski definition) is 8. The lowest BCUT2D eigenvalue weighted by molar-refractivity contribution is -0.188. The smallest absolute Gasteiger partial charge is 0.213 e. The van der Waals surface area contributed by atoms with Crippen LogP contribution in [0, 0.1) is 34.1 Å². The van der Waals surface area contributed by atoms with Gasteiger partial charge in [-0.25, -0.2) is 0 Å². The first kappa shape index (κ1) is 46.0. The lowest BCUT2D eigenvalue weighted by Gasteiger charge is -2.39. The third-order valence-corrected chi connectivity index (χ3v) is 14.1. The van der Waals surface area contributed by atoms with Gasteiger partial charge in [-0.2, -0.15) is 15.8 Å². The van der Waals surface area contributed by atoms with Crippen LogP contribution in [0.5, 0.6) is 0 Å². The molecule has 1 aliphatic heterocycles. The highest BCUT2D eigenvalue weighted by Gasteiger charge is 2.48. The van der Waals surface area contributed by atoms with Crippen molar-refractivity contribution in [1.82, 2.24) is 9.80 Å². The van der Waals surface area contributed by atoms with E-state index in [9.17, 15) is 15.8 Å². The highest BCUT2D eigenvalue weighted by molar-refractivity contribution is 6.76. The SMILES string of the molecule is C[Si](C)(C)CCOCO[C@@H]1[C@@H](OCOCC[Si](C)(C)C)[C@@H](Cc2ccccc2)N(Cc2ccc(C#N)cc2)C(=NC#N)N(Cc2ccc(C#N)cc2)[C@@H]1Cc1ccccc1. The Bertz CT molecular complexity index is 1930. The van der Waals surface area contributed by atoms with Crippen molar-refractivity contribution >= 4 is 22.1 Å². The van der Waals surface area contributed by atoms with Crippen molar-refractivity contribution in [2.75, 3.05) is 26.8 Å². The van der Waals surface area contributed by atoms with E-state index in [1.165, 1.54) is 0 Å². The molecule has 0 radical (unpaired) electrons. The van der Waals surface area contributed by atoms with Crippen LogP contribution in [0.15, 0.2) is 114 Å². The Morgan fingerprint density at radius 1 is 0.533 bits per heavy atom. The molecule has 4 aromatic carbocycles. The van der Waals surface area contributed by atoms with E-state index < -0.39 is 40.4 Å². The fraction of sp³-hybridized carbons (Fsp3) is 0.417. The fourth-order valence-corrected chi connectivity index (χ4v) is 8.78. The summed E-state index contributed by atoms with van der Waals surface area (Å²) in [5, 5.41) is 29.9. The van der Waals surface area contributed by atoms with Crippen molar-refractivity contribution < 1.29 is 18.9 Å². The van der Waals surface area contributed by atoms with Crippen LogP contribution in [0.3, 0.4) is 0 Å². The van der Waals surface area contributed by atoms with Gasteiger partial charge in [0.25, 0.3) is 0 Å². The van der Waals surface area contributed by atoms with Crippen molar-refractivity contribution in [3.8, 4) is 18.3 Å². The van der Waals surface area contributed by atoms with Crippen LogP contribution in [0.25, 0.3) is 0 Å². The van der Waals surface area contributed by atoms with E-state index in [0.717, 1.165) is 34.3 Å². The summed E-state index contributed by atoms with van der Waals surface area (Å²) in [5.74, 6) is 0.479. The maximum absolute atomic E-state index is 10.6. The van der Waals surface area contributed by atoms with Crippen LogP contribution in [0.1, 0.15) is 33.4 Å². The minimum absolute atomic E-state index is 0.0554. The molecule has 0 aliphatic carbocycles. The molecule has 1 aliphatic rings. The molecule has 0 unspecified atom stereocenters. The number of nitriles is 3. The highest BCUT2D eigenvalue weighted by Crippen LogP contribution is 2.33. The van der Waals surface area contributed by atoms with Gasteiger partial charge in [0.05, 0.1) is 35.3 Å². The fourth-order valence-electron chi connectivity index (χ4n) is 7.27. The molecule has 4 atom stereocenters. The minimum atomic E-state index is -1.38. The van der Waals surface area contributed by atoms with Gasteiger partial charge in [0.2, 0.25) is 12.2 Å². The first-order valence-corrected chi connectivity index (χ1v) is 28.2. The summed E-state index contributed by atoms with van der Waals surface area (Å²) in [6.45, 7) is 16.0. The van der Waals surface area contributed by atoms with Gasteiger partial charge in [0.1, 0.15) is 25.8 Å². The average Bonchev–Trinajstić information content (AvgIpc) is 3.31. The van der Waals surface area contributed by atoms with Crippen LogP contribution in [-0.2, 0) is 44.9 Å². The van der Waals surface area contributed by atoms with Gasteiger partial charge in [0, 0.05) is 42.5 Å². The second-order valence-electron chi connectivity index (χ2n) is 17.8. The number of guanidine groups is 1. The summed E-state index contributed by atoms with van der Waals surface area (Å²) >= 11 is 0. The number of hydrogen-bond donors (Lipinski definition) is 0. The molecule has 12 heteroatoms. The summed E-state index contributed by atoms with van der Waals surface area (Å²) < 4.78 is 26.7. The monoisotopic (exact) mass is 840 g/mol. The van der Waals surface area contributed by atoms with Crippen molar-refractivity contribution in [3.63, 3.8) is 0 Å². The number of nitrogens with zero attached hydrogens (tertiary/aromatic N) is 6. The summed E-state index contributed by atoms with van der Waals surface area (Å²) in [6.07, 6.45) is 2.06. The van der Waals surface area contributed by atoms with Crippen molar-refractivity contribution in [2.24, 2.45) is 4.99 Å². The van der Waals surface area contributed by atoms with Crippen molar-refractivity contribution in [2.45, 2.75) is 102 Å². The molecule has 1 fully saturated rings. The van der Waals surface area contributed by atoms with Gasteiger partial charge in [-0.1, -0.05) is 124 Å². The molecule has 0 spiro atoms. The summed E-state index contributed by atoms with van der Waals surface area (Å²) in [5.41, 5.74) is 5.17. The minimum Gasteiger partial charge on any atom is -0.356 e. The predicted octanol–water partition coefficient (Wildman–Crippen LogP) is 9.20. The topological polar surface area (TPSA) is 127 Å². The number of aliphatic imine (C=N–C) groups is 1. The predicted molar refractivity (Wildman–Crippen MR) is 242 cm³/mol. The van der Waals surface area contributed by atoms with Crippen LogP contribution >= 0.6 is 0 Å². The van der Waals surface area contributed by atoms with Crippen molar-refractivity contribution in [1.29, 1.82) is 15.8 Å². The van der Waals surface area contributed by atoms with Crippen LogP contribution in [0.4, 0.5) is 0 Å². The molecule has 0 N–H and O–H groups in total. The van der Waals surface area contributed by atoms with E-state index >= 15 is 0 Å². The molecule has 0 aromatic heterocycles. The molecule has 1 saturated heterocycles. The average molecular weight is 841 g/mol. The van der Waals surface area contributed by atoms with Crippen LogP contribution in [0.2, 0.25) is 51.4 Å². The molecule has 1 heterocycles. The first-order chi connectivity index (χ1) is 28.9. The Morgan fingerprint density at radius 2 is 0.917 bits per heavy atom. The van der Waals surface area contributed by atoms with Gasteiger partial charge in [-0.15, -0.1) is 4.99 Å². The molecule has 0 amide bonds. The highest BCUT2D eigenvalue weighted by atomic mass is 28.3. The first-order valence-electron chi connectivity index (χ1n) is 20.8. The quantitative estimate of drug-likeness (QED) is 0.0371. The Balaban J connectivity index is 1.72. The lowest BCUT2D eigenvalue weighted by Crippen LogP contribution is -2.53. The molecular formula is C48H60N6O4Si2. The van der Waals surface area contributed by atoms with E-state index in [4.69, 9.17) is 23.9 Å². The Labute approximate surface area is 359 Å². The zero-order chi connectivity index (χ0) is 43.0. The summed E-state index contributed by atoms with van der Waals surface area (Å²) in [7, 11) is -2.75. The number of ether oxygens (including phenoxy) is 4. The second kappa shape index (κ2) is 22.5. The maximum atomic E-state index is 10.6. The Morgan fingerprint density at radius 3 is 1.25 bits per heavy atom. The Kier molecular flexibility index (Phi) is 17.2. The van der Waals surface area contributed by atoms with Gasteiger partial charge in [-0.3, -0.25) is 0 Å². The Hall–Kier alpha value is -5.11. The molecule has 0 bridgehead atoms. The third-order valence-electron chi connectivity index (χ3n) is 10.7. The molecule has 5 rings (SSSR count). The molecule has 4 aromatic rings. The normalized spacial score (nSPS) is 18.3. The van der Waals surface area contributed by atoms with Gasteiger partial charge >= 0.3 is 0 Å². The molecule has 10 nitrogen and oxygen atoms in total. The van der Waals surface area contributed by atoms with Crippen molar-refractivity contribution in [3.05, 3.63) is 143 Å². The largest absolute Gasteiger partial charge is 0.356 e. The van der Waals surface area contributed by atoms with E-state index in [-0.39, 0.29) is 13.6 Å². The standard InChI is InChI=1S/C48H60N6O4Si2/c1-59(2,3)27-25-55-36-57-46-44(29-38-13-9-7-10-14-38)53(33-42-21-17-40(31-49)18-22-42)48(52-35-51)54(34-43-23-19-41(32-50)20-24-43)45(30-39-15-11-8-12-16-39)47(46)58-37-56-26-28-60(4,5)6/h7-24,44-47H,25-30,33-34,36-37H2,1-6H3/t44-,45-,46+,47+/m1/s1. The molecule has 60 heavy (non-hydrogen) atoms. The summed E-state index contributed by atoms with van der Waals surface area (Å²) in [6, 6.07) is 41.3. The van der Waals surface area contributed by atoms with Gasteiger partial charge in [0.15, 0.2) is 0 Å². The molecule has 0 saturated carbocycles. The van der Waals surface area contributed by atoms with E-state index in [0.29, 0.717) is 56.2 Å². The van der Waals surface area contributed by atoms with Crippen LogP contribution in [-0.4, -0.2) is 83.0 Å². The number of benzene rings is 4.